The van der Waals surface area contributed by atoms with Crippen LogP contribution < -0.4 is 10.2 Å². The highest BCUT2D eigenvalue weighted by Gasteiger charge is 2.17. The molecule has 3 nitrogen and oxygen atoms in total. The van der Waals surface area contributed by atoms with Crippen molar-refractivity contribution in [2.45, 2.75) is 32.9 Å². The van der Waals surface area contributed by atoms with Crippen LogP contribution in [-0.4, -0.2) is 18.6 Å². The monoisotopic (exact) mass is 323 g/mol. The lowest BCUT2D eigenvalue weighted by Crippen LogP contribution is -2.22. The van der Waals surface area contributed by atoms with Crippen molar-refractivity contribution in [1.82, 2.24) is 10.3 Å². The number of thiazole rings is 1. The Kier molecular flexibility index (Phi) is 6.03. The Balaban J connectivity index is 2.06. The van der Waals surface area contributed by atoms with Gasteiger partial charge in [-0.3, -0.25) is 0 Å². The zero-order valence-corrected chi connectivity index (χ0v) is 14.3. The molecule has 1 heterocycles. The minimum atomic E-state index is 0.196. The molecular formula is C16H22ClN3S. The first-order chi connectivity index (χ1) is 10.1. The number of nitrogens with one attached hydrogen (secondary N) is 1. The Labute approximate surface area is 136 Å². The summed E-state index contributed by atoms with van der Waals surface area (Å²) in [6, 6.07) is 8.18. The van der Waals surface area contributed by atoms with Gasteiger partial charge in [0.05, 0.1) is 11.7 Å². The maximum atomic E-state index is 6.29. The highest BCUT2D eigenvalue weighted by molar-refractivity contribution is 7.13. The zero-order chi connectivity index (χ0) is 15.2. The molecule has 1 aromatic heterocycles. The number of hydrogen-bond acceptors (Lipinski definition) is 4. The Hall–Kier alpha value is -1.10. The fourth-order valence-corrected chi connectivity index (χ4v) is 3.29. The molecule has 0 aliphatic rings. The van der Waals surface area contributed by atoms with Gasteiger partial charge >= 0.3 is 0 Å². The Morgan fingerprint density at radius 1 is 1.38 bits per heavy atom. The second-order valence-corrected chi connectivity index (χ2v) is 6.35. The summed E-state index contributed by atoms with van der Waals surface area (Å²) in [6.07, 6.45) is 1.14. The van der Waals surface area contributed by atoms with Gasteiger partial charge in [0, 0.05) is 24.0 Å². The number of rotatable bonds is 7. The topological polar surface area (TPSA) is 28.2 Å². The molecule has 0 saturated carbocycles. The lowest BCUT2D eigenvalue weighted by atomic mass is 10.1. The molecule has 0 saturated heterocycles. The number of benzene rings is 1. The molecule has 1 N–H and O–H groups in total. The number of aromatic nitrogens is 1. The largest absolute Gasteiger partial charge is 0.344 e. The third-order valence-electron chi connectivity index (χ3n) is 3.51. The van der Waals surface area contributed by atoms with Crippen LogP contribution >= 0.6 is 22.9 Å². The molecule has 0 aliphatic carbocycles. The highest BCUT2D eigenvalue weighted by atomic mass is 35.5. The van der Waals surface area contributed by atoms with Gasteiger partial charge in [0.1, 0.15) is 0 Å². The maximum absolute atomic E-state index is 6.29. The summed E-state index contributed by atoms with van der Waals surface area (Å²) < 4.78 is 0. The van der Waals surface area contributed by atoms with Crippen molar-refractivity contribution in [3.05, 3.63) is 45.9 Å². The third kappa shape index (κ3) is 4.19. The van der Waals surface area contributed by atoms with Gasteiger partial charge in [-0.05, 0) is 31.5 Å². The molecule has 0 amide bonds. The van der Waals surface area contributed by atoms with Gasteiger partial charge in [-0.15, -0.1) is 11.3 Å². The van der Waals surface area contributed by atoms with Crippen LogP contribution in [0.15, 0.2) is 29.6 Å². The van der Waals surface area contributed by atoms with Crippen molar-refractivity contribution in [1.29, 1.82) is 0 Å². The smallest absolute Gasteiger partial charge is 0.185 e. The van der Waals surface area contributed by atoms with Gasteiger partial charge in [-0.1, -0.05) is 36.7 Å². The molecule has 2 rings (SSSR count). The normalized spacial score (nSPS) is 12.4. The van der Waals surface area contributed by atoms with Crippen molar-refractivity contribution in [3.8, 4) is 0 Å². The molecule has 5 heteroatoms. The van der Waals surface area contributed by atoms with Crippen LogP contribution in [0.4, 0.5) is 5.13 Å². The maximum Gasteiger partial charge on any atom is 0.185 e. The SMILES string of the molecule is CCCNCc1csc(N(C)C(C)c2ccccc2Cl)n1. The zero-order valence-electron chi connectivity index (χ0n) is 12.8. The van der Waals surface area contributed by atoms with Crippen molar-refractivity contribution in [3.63, 3.8) is 0 Å². The van der Waals surface area contributed by atoms with E-state index in [1.54, 1.807) is 11.3 Å². The molecule has 1 atom stereocenters. The standard InChI is InChI=1S/C16H22ClN3S/c1-4-9-18-10-13-11-21-16(19-13)20(3)12(2)14-7-5-6-8-15(14)17/h5-8,11-12,18H,4,9-10H2,1-3H3. The van der Waals surface area contributed by atoms with E-state index in [0.29, 0.717) is 0 Å². The van der Waals surface area contributed by atoms with Crippen LogP contribution in [-0.2, 0) is 6.54 Å². The quantitative estimate of drug-likeness (QED) is 0.761. The average molecular weight is 324 g/mol. The fraction of sp³-hybridized carbons (Fsp3) is 0.438. The van der Waals surface area contributed by atoms with Crippen molar-refractivity contribution in [2.75, 3.05) is 18.5 Å². The van der Waals surface area contributed by atoms with E-state index in [-0.39, 0.29) is 6.04 Å². The van der Waals surface area contributed by atoms with Gasteiger partial charge in [-0.2, -0.15) is 0 Å². The van der Waals surface area contributed by atoms with Crippen LogP contribution in [0.5, 0.6) is 0 Å². The van der Waals surface area contributed by atoms with E-state index < -0.39 is 0 Å². The lowest BCUT2D eigenvalue weighted by molar-refractivity contribution is 0.664. The third-order valence-corrected chi connectivity index (χ3v) is 4.83. The summed E-state index contributed by atoms with van der Waals surface area (Å²) in [5.74, 6) is 0. The van der Waals surface area contributed by atoms with Crippen molar-refractivity contribution >= 4 is 28.1 Å². The van der Waals surface area contributed by atoms with E-state index in [4.69, 9.17) is 16.6 Å². The fourth-order valence-electron chi connectivity index (χ4n) is 2.12. The molecule has 1 aromatic carbocycles. The first kappa shape index (κ1) is 16.3. The number of nitrogens with zero attached hydrogens (tertiary/aromatic N) is 2. The van der Waals surface area contributed by atoms with Gasteiger partial charge in [0.15, 0.2) is 5.13 Å². The minimum absolute atomic E-state index is 0.196. The van der Waals surface area contributed by atoms with E-state index in [1.807, 2.05) is 18.2 Å². The molecular weight excluding hydrogens is 302 g/mol. The first-order valence-corrected chi connectivity index (χ1v) is 8.51. The number of anilines is 1. The van der Waals surface area contributed by atoms with Crippen LogP contribution in [0.25, 0.3) is 0 Å². The lowest BCUT2D eigenvalue weighted by Gasteiger charge is -2.25. The summed E-state index contributed by atoms with van der Waals surface area (Å²) in [5.41, 5.74) is 2.23. The molecule has 0 radical (unpaired) electrons. The molecule has 1 unspecified atom stereocenters. The Morgan fingerprint density at radius 2 is 2.14 bits per heavy atom. The molecule has 2 aromatic rings. The van der Waals surface area contributed by atoms with Crippen molar-refractivity contribution < 1.29 is 0 Å². The molecule has 21 heavy (non-hydrogen) atoms. The van der Waals surface area contributed by atoms with Crippen LogP contribution in [0, 0.1) is 0 Å². The van der Waals surface area contributed by atoms with Crippen LogP contribution in [0.3, 0.4) is 0 Å². The summed E-state index contributed by atoms with van der Waals surface area (Å²) in [6.45, 7) is 6.17. The van der Waals surface area contributed by atoms with E-state index in [0.717, 1.165) is 40.9 Å². The second kappa shape index (κ2) is 7.78. The van der Waals surface area contributed by atoms with Crippen LogP contribution in [0.2, 0.25) is 5.02 Å². The Morgan fingerprint density at radius 3 is 2.86 bits per heavy atom. The Bertz CT molecular complexity index is 570. The minimum Gasteiger partial charge on any atom is -0.344 e. The van der Waals surface area contributed by atoms with Gasteiger partial charge in [0.25, 0.3) is 0 Å². The van der Waals surface area contributed by atoms with Crippen LogP contribution in [0.1, 0.15) is 37.6 Å². The molecule has 114 valence electrons. The van der Waals surface area contributed by atoms with Crippen molar-refractivity contribution in [2.24, 2.45) is 0 Å². The van der Waals surface area contributed by atoms with E-state index in [2.05, 4.69) is 42.6 Å². The number of hydrogen-bond donors (Lipinski definition) is 1. The summed E-state index contributed by atoms with van der Waals surface area (Å²) >= 11 is 7.96. The summed E-state index contributed by atoms with van der Waals surface area (Å²) in [5, 5.41) is 7.32. The predicted molar refractivity (Wildman–Crippen MR) is 92.4 cm³/mol. The molecule has 0 spiro atoms. The predicted octanol–water partition coefficient (Wildman–Crippen LogP) is 4.49. The molecule has 0 aliphatic heterocycles. The van der Waals surface area contributed by atoms with E-state index >= 15 is 0 Å². The average Bonchev–Trinajstić information content (AvgIpc) is 2.95. The van der Waals surface area contributed by atoms with E-state index in [9.17, 15) is 0 Å². The number of halogens is 1. The summed E-state index contributed by atoms with van der Waals surface area (Å²) in [7, 11) is 2.07. The molecule has 0 fully saturated rings. The summed E-state index contributed by atoms with van der Waals surface area (Å²) in [4.78, 5) is 6.87. The second-order valence-electron chi connectivity index (χ2n) is 5.11. The van der Waals surface area contributed by atoms with Gasteiger partial charge < -0.3 is 10.2 Å². The van der Waals surface area contributed by atoms with Gasteiger partial charge in [-0.25, -0.2) is 4.98 Å². The first-order valence-electron chi connectivity index (χ1n) is 7.25. The van der Waals surface area contributed by atoms with Gasteiger partial charge in [0.2, 0.25) is 0 Å². The highest BCUT2D eigenvalue weighted by Crippen LogP contribution is 2.31. The van der Waals surface area contributed by atoms with E-state index in [1.165, 1.54) is 0 Å². The molecule has 0 bridgehead atoms.